The molecule has 1 atom stereocenters. The number of phenols is 2. The van der Waals surface area contributed by atoms with Crippen LogP contribution in [-0.4, -0.2) is 46.2 Å². The fourth-order valence-corrected chi connectivity index (χ4v) is 2.82. The molecule has 1 aromatic carbocycles. The molecule has 2 rings (SSSR count). The largest absolute Gasteiger partial charge is 0.508 e. The van der Waals surface area contributed by atoms with E-state index in [1.807, 2.05) is 0 Å². The number of amides is 3. The Kier molecular flexibility index (Phi) is 5.31. The lowest BCUT2D eigenvalue weighted by Gasteiger charge is -2.33. The van der Waals surface area contributed by atoms with Gasteiger partial charge in [0.2, 0.25) is 5.91 Å². The predicted molar refractivity (Wildman–Crippen MR) is 85.2 cm³/mol. The zero-order chi connectivity index (χ0) is 17.0. The molecule has 0 saturated carbocycles. The van der Waals surface area contributed by atoms with E-state index in [1.165, 1.54) is 11.0 Å². The quantitative estimate of drug-likeness (QED) is 0.662. The van der Waals surface area contributed by atoms with E-state index in [-0.39, 0.29) is 17.5 Å². The minimum absolute atomic E-state index is 0.0345. The van der Waals surface area contributed by atoms with E-state index < -0.39 is 11.9 Å². The minimum atomic E-state index is -0.548. The molecule has 1 fully saturated rings. The van der Waals surface area contributed by atoms with Crippen molar-refractivity contribution in [3.05, 3.63) is 23.3 Å². The molecule has 5 N–H and O–H groups in total. The zero-order valence-corrected chi connectivity index (χ0v) is 13.2. The third kappa shape index (κ3) is 3.85. The summed E-state index contributed by atoms with van der Waals surface area (Å²) in [5, 5.41) is 22.2. The molecule has 1 saturated heterocycles. The van der Waals surface area contributed by atoms with Gasteiger partial charge in [0, 0.05) is 18.7 Å². The predicted octanol–water partition coefficient (Wildman–Crippen LogP) is 0.998. The summed E-state index contributed by atoms with van der Waals surface area (Å²) in [6.07, 6.45) is 2.77. The lowest BCUT2D eigenvalue weighted by atomic mass is 10.0. The molecule has 1 aliphatic rings. The number of rotatable bonds is 4. The Bertz CT molecular complexity index is 603. The molecule has 0 aliphatic carbocycles. The van der Waals surface area contributed by atoms with Crippen LogP contribution < -0.4 is 11.1 Å². The van der Waals surface area contributed by atoms with Crippen LogP contribution >= 0.6 is 0 Å². The first kappa shape index (κ1) is 16.9. The number of likely N-dealkylation sites (tertiary alicyclic amines) is 1. The maximum absolute atomic E-state index is 12.2. The first-order valence-corrected chi connectivity index (χ1v) is 7.76. The molecule has 1 unspecified atom stereocenters. The van der Waals surface area contributed by atoms with Crippen LogP contribution in [0.15, 0.2) is 12.1 Å². The number of phenolic OH excluding ortho intramolecular Hbond substituents is 2. The summed E-state index contributed by atoms with van der Waals surface area (Å²) in [4.78, 5) is 25.1. The Morgan fingerprint density at radius 1 is 1.35 bits per heavy atom. The summed E-state index contributed by atoms with van der Waals surface area (Å²) >= 11 is 0. The van der Waals surface area contributed by atoms with Crippen LogP contribution in [0.25, 0.3) is 0 Å². The van der Waals surface area contributed by atoms with Gasteiger partial charge in [-0.15, -0.1) is 0 Å². The number of nitrogens with zero attached hydrogens (tertiary/aromatic N) is 1. The van der Waals surface area contributed by atoms with Crippen LogP contribution in [0.1, 0.15) is 30.4 Å². The molecule has 0 spiro atoms. The Hall–Kier alpha value is -2.44. The number of nitrogens with two attached hydrogens (primary N) is 1. The van der Waals surface area contributed by atoms with Crippen molar-refractivity contribution in [2.24, 2.45) is 5.73 Å². The number of benzene rings is 1. The Morgan fingerprint density at radius 3 is 2.78 bits per heavy atom. The van der Waals surface area contributed by atoms with E-state index in [0.717, 1.165) is 12.8 Å². The summed E-state index contributed by atoms with van der Waals surface area (Å²) in [6, 6.07) is 2.27. The van der Waals surface area contributed by atoms with Crippen molar-refractivity contribution in [1.29, 1.82) is 0 Å². The highest BCUT2D eigenvalue weighted by atomic mass is 16.3. The molecule has 0 bridgehead atoms. The molecule has 23 heavy (non-hydrogen) atoms. The molecule has 0 aromatic heterocycles. The van der Waals surface area contributed by atoms with Crippen molar-refractivity contribution in [1.82, 2.24) is 10.2 Å². The van der Waals surface area contributed by atoms with Gasteiger partial charge in [0.1, 0.15) is 17.5 Å². The number of carbonyl (C=O) groups excluding carboxylic acids is 2. The van der Waals surface area contributed by atoms with Gasteiger partial charge >= 0.3 is 6.03 Å². The third-order valence-electron chi connectivity index (χ3n) is 4.25. The lowest BCUT2D eigenvalue weighted by Crippen LogP contribution is -2.54. The van der Waals surface area contributed by atoms with E-state index in [1.54, 1.807) is 13.0 Å². The van der Waals surface area contributed by atoms with Crippen LogP contribution in [0, 0.1) is 6.92 Å². The summed E-state index contributed by atoms with van der Waals surface area (Å²) in [7, 11) is 0. The van der Waals surface area contributed by atoms with Gasteiger partial charge in [-0.2, -0.15) is 0 Å². The van der Waals surface area contributed by atoms with Crippen molar-refractivity contribution >= 4 is 11.9 Å². The summed E-state index contributed by atoms with van der Waals surface area (Å²) < 4.78 is 0. The number of nitrogens with one attached hydrogen (secondary N) is 1. The molecule has 7 heteroatoms. The second-order valence-corrected chi connectivity index (χ2v) is 5.81. The van der Waals surface area contributed by atoms with Gasteiger partial charge in [-0.3, -0.25) is 4.79 Å². The number of primary amides is 1. The maximum atomic E-state index is 12.2. The zero-order valence-electron chi connectivity index (χ0n) is 13.2. The van der Waals surface area contributed by atoms with Crippen LogP contribution in [0.5, 0.6) is 11.5 Å². The lowest BCUT2D eigenvalue weighted by molar-refractivity contribution is -0.123. The van der Waals surface area contributed by atoms with E-state index in [0.29, 0.717) is 37.1 Å². The Morgan fingerprint density at radius 2 is 2.09 bits per heavy atom. The topological polar surface area (TPSA) is 116 Å². The van der Waals surface area contributed by atoms with E-state index in [9.17, 15) is 19.8 Å². The fourth-order valence-electron chi connectivity index (χ4n) is 2.82. The fraction of sp³-hybridized carbons (Fsp3) is 0.500. The monoisotopic (exact) mass is 321 g/mol. The SMILES string of the molecule is Cc1c(O)ccc(CCNC(=O)N2CCCCC2C(N)=O)c1O. The average molecular weight is 321 g/mol. The highest BCUT2D eigenvalue weighted by Gasteiger charge is 2.30. The summed E-state index contributed by atoms with van der Waals surface area (Å²) in [5.74, 6) is -0.410. The van der Waals surface area contributed by atoms with Gasteiger partial charge in [-0.1, -0.05) is 6.07 Å². The van der Waals surface area contributed by atoms with Crippen LogP contribution in [-0.2, 0) is 11.2 Å². The van der Waals surface area contributed by atoms with E-state index in [4.69, 9.17) is 5.73 Å². The van der Waals surface area contributed by atoms with Crippen molar-refractivity contribution in [2.45, 2.75) is 38.6 Å². The Balaban J connectivity index is 1.92. The van der Waals surface area contributed by atoms with Gasteiger partial charge < -0.3 is 26.2 Å². The number of hydrogen-bond donors (Lipinski definition) is 4. The molecule has 1 aliphatic heterocycles. The van der Waals surface area contributed by atoms with Crippen molar-refractivity contribution < 1.29 is 19.8 Å². The smallest absolute Gasteiger partial charge is 0.318 e. The van der Waals surface area contributed by atoms with Crippen LogP contribution in [0.2, 0.25) is 0 Å². The van der Waals surface area contributed by atoms with Gasteiger partial charge in [0.25, 0.3) is 0 Å². The van der Waals surface area contributed by atoms with E-state index >= 15 is 0 Å². The van der Waals surface area contributed by atoms with Gasteiger partial charge in [-0.05, 0) is 44.2 Å². The van der Waals surface area contributed by atoms with Crippen molar-refractivity contribution in [2.75, 3.05) is 13.1 Å². The summed E-state index contributed by atoms with van der Waals surface area (Å²) in [6.45, 7) is 2.46. The van der Waals surface area contributed by atoms with Gasteiger partial charge in [0.15, 0.2) is 0 Å². The van der Waals surface area contributed by atoms with Gasteiger partial charge in [-0.25, -0.2) is 4.79 Å². The normalized spacial score (nSPS) is 17.8. The molecule has 0 radical (unpaired) electrons. The molecule has 3 amide bonds. The first-order chi connectivity index (χ1) is 10.9. The standard InChI is InChI=1S/C16H23N3O4/c1-10-13(20)6-5-11(14(10)21)7-8-18-16(23)19-9-3-2-4-12(19)15(17)22/h5-6,12,20-21H,2-4,7-9H2,1H3,(H2,17,22)(H,18,23). The number of hydrogen-bond acceptors (Lipinski definition) is 4. The molecule has 1 heterocycles. The Labute approximate surface area is 135 Å². The number of piperidine rings is 1. The van der Waals surface area contributed by atoms with Gasteiger partial charge in [0.05, 0.1) is 0 Å². The van der Waals surface area contributed by atoms with Crippen LogP contribution in [0.4, 0.5) is 4.79 Å². The maximum Gasteiger partial charge on any atom is 0.318 e. The molecular formula is C16H23N3O4. The third-order valence-corrected chi connectivity index (χ3v) is 4.25. The summed E-state index contributed by atoms with van der Waals surface area (Å²) in [5.41, 5.74) is 6.41. The van der Waals surface area contributed by atoms with Crippen molar-refractivity contribution in [3.63, 3.8) is 0 Å². The molecule has 1 aromatic rings. The number of carbonyl (C=O) groups is 2. The second kappa shape index (κ2) is 7.21. The number of urea groups is 1. The first-order valence-electron chi connectivity index (χ1n) is 7.76. The highest BCUT2D eigenvalue weighted by molar-refractivity contribution is 5.86. The van der Waals surface area contributed by atoms with Crippen LogP contribution in [0.3, 0.4) is 0 Å². The average Bonchev–Trinajstić information content (AvgIpc) is 2.54. The number of aromatic hydroxyl groups is 2. The minimum Gasteiger partial charge on any atom is -0.508 e. The second-order valence-electron chi connectivity index (χ2n) is 5.81. The molecule has 126 valence electrons. The molecular weight excluding hydrogens is 298 g/mol. The van der Waals surface area contributed by atoms with Crippen molar-refractivity contribution in [3.8, 4) is 11.5 Å². The highest BCUT2D eigenvalue weighted by Crippen LogP contribution is 2.29. The van der Waals surface area contributed by atoms with E-state index in [2.05, 4.69) is 5.32 Å². The molecule has 7 nitrogen and oxygen atoms in total.